The van der Waals surface area contributed by atoms with Gasteiger partial charge < -0.3 is 0 Å². The number of hydrogen-bond acceptors (Lipinski definition) is 1. The molecule has 1 nitrogen and oxygen atoms in total. The summed E-state index contributed by atoms with van der Waals surface area (Å²) in [5.41, 5.74) is 8.59. The third-order valence-corrected chi connectivity index (χ3v) is 5.88. The van der Waals surface area contributed by atoms with Gasteiger partial charge in [-0.3, -0.25) is 0 Å². The Balaban J connectivity index is 0.00000144. The molecule has 0 aromatic heterocycles. The molecule has 0 radical (unpaired) electrons. The standard InChI is InChI=1S/C14H15.C6H6N.2ClH.Ti/c1-10-8-9-14(12(10)3)13-7-5-4-6-11(13)2;7-6-4-2-1-3-5-6;;;/h4-8H,2,9H2,1,3H3;1-5,7H;2*1H;/q;-1;;;+1. The molecule has 1 N–H and O–H groups in total. The second kappa shape index (κ2) is 10.1. The van der Waals surface area contributed by atoms with E-state index in [1.54, 1.807) is 0 Å². The first-order valence-electron chi connectivity index (χ1n) is 7.75. The Morgan fingerprint density at radius 1 is 0.917 bits per heavy atom. The summed E-state index contributed by atoms with van der Waals surface area (Å²) >= 11 is -0.222. The van der Waals surface area contributed by atoms with Crippen molar-refractivity contribution in [2.45, 2.75) is 25.0 Å². The van der Waals surface area contributed by atoms with Crippen LogP contribution in [0.3, 0.4) is 0 Å². The molecule has 2 aromatic rings. The number of halogens is 2. The van der Waals surface area contributed by atoms with Crippen LogP contribution in [0.15, 0.2) is 71.8 Å². The molecule has 0 fully saturated rings. The van der Waals surface area contributed by atoms with E-state index >= 15 is 0 Å². The van der Waals surface area contributed by atoms with Gasteiger partial charge in [0.2, 0.25) is 0 Å². The predicted octanol–water partition coefficient (Wildman–Crippen LogP) is 6.26. The number of benzene rings is 2. The van der Waals surface area contributed by atoms with Crippen molar-refractivity contribution in [3.05, 3.63) is 82.9 Å². The number of allylic oxidation sites excluding steroid dienone is 4. The average molecular weight is 396 g/mol. The number of rotatable bonds is 5. The number of anilines is 1. The molecule has 126 valence electrons. The van der Waals surface area contributed by atoms with Crippen LogP contribution in [0, 0.1) is 0 Å². The van der Waals surface area contributed by atoms with Gasteiger partial charge in [-0.1, -0.05) is 0 Å². The van der Waals surface area contributed by atoms with Gasteiger partial charge in [-0.2, -0.15) is 0 Å². The zero-order valence-corrected chi connectivity index (χ0v) is 17.2. The topological polar surface area (TPSA) is 12.0 Å². The van der Waals surface area contributed by atoms with Crippen LogP contribution in [0.1, 0.15) is 31.4 Å². The van der Waals surface area contributed by atoms with E-state index in [9.17, 15) is 0 Å². The molecule has 24 heavy (non-hydrogen) atoms. The van der Waals surface area contributed by atoms with Crippen molar-refractivity contribution >= 4 is 36.1 Å². The van der Waals surface area contributed by atoms with Gasteiger partial charge in [0.1, 0.15) is 0 Å². The third-order valence-electron chi connectivity index (χ3n) is 4.28. The maximum atomic E-state index is 3.63. The summed E-state index contributed by atoms with van der Waals surface area (Å²) in [5, 5.41) is 0. The predicted molar refractivity (Wildman–Crippen MR) is 106 cm³/mol. The molecular weight excluding hydrogens is 373 g/mol. The van der Waals surface area contributed by atoms with Crippen LogP contribution in [0.25, 0.3) is 5.57 Å². The molecule has 0 saturated carbocycles. The minimum absolute atomic E-state index is 0. The smallest absolute Gasteiger partial charge is 0.147 e. The SMILES string of the molecule is CC1=CCC(c2ccccc2[CH2][Ti][NH]c2ccccc2)=C1C.Cl.Cl. The summed E-state index contributed by atoms with van der Waals surface area (Å²) in [4.78, 5) is 0. The fourth-order valence-electron chi connectivity index (χ4n) is 2.84. The molecule has 0 heterocycles. The Kier molecular flexibility index (Phi) is 8.87. The quantitative estimate of drug-likeness (QED) is 0.588. The first-order valence-corrected chi connectivity index (χ1v) is 9.63. The molecule has 0 unspecified atom stereocenters. The molecule has 0 amide bonds. The second-order valence-corrected chi connectivity index (χ2v) is 7.19. The fourth-order valence-corrected chi connectivity index (χ4v) is 4.34. The zero-order chi connectivity index (χ0) is 15.4. The van der Waals surface area contributed by atoms with Gasteiger partial charge in [-0.05, 0) is 0 Å². The van der Waals surface area contributed by atoms with E-state index in [0.29, 0.717) is 0 Å². The first kappa shape index (κ1) is 21.1. The van der Waals surface area contributed by atoms with E-state index in [-0.39, 0.29) is 44.2 Å². The zero-order valence-electron chi connectivity index (χ0n) is 14.0. The molecule has 4 heteroatoms. The largest absolute Gasteiger partial charge is 0.147 e. The van der Waals surface area contributed by atoms with Crippen LogP contribution in [0.4, 0.5) is 5.69 Å². The molecule has 0 saturated heterocycles. The van der Waals surface area contributed by atoms with Crippen molar-refractivity contribution in [2.75, 3.05) is 3.80 Å². The van der Waals surface area contributed by atoms with E-state index in [1.165, 1.54) is 38.3 Å². The van der Waals surface area contributed by atoms with Crippen molar-refractivity contribution in [3.63, 3.8) is 0 Å². The summed E-state index contributed by atoms with van der Waals surface area (Å²) in [7, 11) is 0. The molecule has 1 aliphatic carbocycles. The van der Waals surface area contributed by atoms with Crippen LogP contribution in [-0.2, 0) is 24.1 Å². The van der Waals surface area contributed by atoms with Crippen molar-refractivity contribution in [2.24, 2.45) is 0 Å². The van der Waals surface area contributed by atoms with Crippen LogP contribution in [-0.4, -0.2) is 0 Å². The van der Waals surface area contributed by atoms with Gasteiger partial charge in [-0.15, -0.1) is 24.8 Å². The monoisotopic (exact) mass is 395 g/mol. The number of hydrogen-bond donors (Lipinski definition) is 1. The molecule has 0 bridgehead atoms. The normalized spacial score (nSPS) is 12.8. The van der Waals surface area contributed by atoms with E-state index in [2.05, 4.69) is 78.3 Å². The Hall–Kier alpha value is -0.986. The maximum Gasteiger partial charge on any atom is -0.147 e. The number of para-hydroxylation sites is 1. The van der Waals surface area contributed by atoms with Gasteiger partial charge in [0.15, 0.2) is 0 Å². The van der Waals surface area contributed by atoms with Crippen molar-refractivity contribution < 1.29 is 19.4 Å². The van der Waals surface area contributed by atoms with Crippen LogP contribution in [0.2, 0.25) is 0 Å². The minimum atomic E-state index is -0.222. The van der Waals surface area contributed by atoms with E-state index in [1.807, 2.05) is 0 Å². The van der Waals surface area contributed by atoms with Gasteiger partial charge >= 0.3 is 142 Å². The summed E-state index contributed by atoms with van der Waals surface area (Å²) in [5.74, 6) is 0. The van der Waals surface area contributed by atoms with Crippen molar-refractivity contribution in [3.8, 4) is 0 Å². The Morgan fingerprint density at radius 3 is 2.25 bits per heavy atom. The van der Waals surface area contributed by atoms with Gasteiger partial charge in [0.05, 0.1) is 0 Å². The molecule has 0 atom stereocenters. The summed E-state index contributed by atoms with van der Waals surface area (Å²) in [6.07, 6.45) is 3.43. The van der Waals surface area contributed by atoms with Crippen molar-refractivity contribution in [1.29, 1.82) is 0 Å². The molecule has 1 aliphatic rings. The minimum Gasteiger partial charge on any atom is -0.147 e. The Bertz CT molecular complexity index is 723. The Morgan fingerprint density at radius 2 is 1.58 bits per heavy atom. The van der Waals surface area contributed by atoms with E-state index in [0.717, 1.165) is 6.42 Å². The van der Waals surface area contributed by atoms with Crippen LogP contribution < -0.4 is 3.80 Å². The summed E-state index contributed by atoms with van der Waals surface area (Å²) in [6, 6.07) is 19.4. The summed E-state index contributed by atoms with van der Waals surface area (Å²) in [6.45, 7) is 4.47. The maximum absolute atomic E-state index is 3.63. The van der Waals surface area contributed by atoms with Crippen LogP contribution >= 0.6 is 24.8 Å². The van der Waals surface area contributed by atoms with E-state index in [4.69, 9.17) is 0 Å². The van der Waals surface area contributed by atoms with Gasteiger partial charge in [-0.25, -0.2) is 0 Å². The molecule has 3 rings (SSSR count). The third kappa shape index (κ3) is 5.00. The molecule has 2 aromatic carbocycles. The summed E-state index contributed by atoms with van der Waals surface area (Å²) < 4.78 is 4.79. The first-order chi connectivity index (χ1) is 10.8. The average Bonchev–Trinajstić information content (AvgIpc) is 2.88. The van der Waals surface area contributed by atoms with Crippen LogP contribution in [0.5, 0.6) is 0 Å². The van der Waals surface area contributed by atoms with Gasteiger partial charge in [0, 0.05) is 0 Å². The number of nitrogens with one attached hydrogen (secondary N) is 1. The Labute approximate surface area is 166 Å². The molecular formula is C20H23Cl2NTi. The van der Waals surface area contributed by atoms with E-state index < -0.39 is 0 Å². The van der Waals surface area contributed by atoms with Gasteiger partial charge in [0.25, 0.3) is 0 Å². The molecule has 0 spiro atoms. The van der Waals surface area contributed by atoms with Crippen molar-refractivity contribution in [1.82, 2.24) is 0 Å². The fraction of sp³-hybridized carbons (Fsp3) is 0.200. The second-order valence-electron chi connectivity index (χ2n) is 5.70. The molecule has 0 aliphatic heterocycles.